The fourth-order valence-corrected chi connectivity index (χ4v) is 2.14. The van der Waals surface area contributed by atoms with Gasteiger partial charge in [0.25, 0.3) is 0 Å². The molecule has 0 aromatic carbocycles. The van der Waals surface area contributed by atoms with E-state index in [2.05, 4.69) is 19.2 Å². The van der Waals surface area contributed by atoms with Crippen molar-refractivity contribution in [3.05, 3.63) is 0 Å². The Morgan fingerprint density at radius 2 is 1.69 bits per heavy atom. The van der Waals surface area contributed by atoms with Crippen LogP contribution in [-0.4, -0.2) is 71.8 Å². The molecule has 0 amide bonds. The first-order chi connectivity index (χ1) is 7.86. The Bertz CT molecular complexity index is 168. The smallest absolute Gasteiger partial charge is 0.0558 e. The van der Waals surface area contributed by atoms with Crippen molar-refractivity contribution in [2.24, 2.45) is 0 Å². The highest BCUT2D eigenvalue weighted by molar-refractivity contribution is 7.94. The van der Waals surface area contributed by atoms with E-state index in [0.29, 0.717) is 0 Å². The molecular formula is C9H20N2O4S. The summed E-state index contributed by atoms with van der Waals surface area (Å²) in [6.07, 6.45) is 1.01. The van der Waals surface area contributed by atoms with Crippen molar-refractivity contribution < 1.29 is 19.7 Å². The number of aliphatic hydroxyl groups is 1. The van der Waals surface area contributed by atoms with E-state index < -0.39 is 0 Å². The van der Waals surface area contributed by atoms with Gasteiger partial charge in [0.15, 0.2) is 0 Å². The summed E-state index contributed by atoms with van der Waals surface area (Å²) < 4.78 is 4.29. The molecule has 1 heterocycles. The van der Waals surface area contributed by atoms with Crippen LogP contribution in [0.1, 0.15) is 6.42 Å². The molecule has 6 nitrogen and oxygen atoms in total. The second-order valence-electron chi connectivity index (χ2n) is 3.72. The fraction of sp³-hybridized carbons (Fsp3) is 1.00. The zero-order chi connectivity index (χ0) is 11.6. The molecule has 1 aliphatic rings. The highest BCUT2D eigenvalue weighted by atomic mass is 32.2. The Kier molecular flexibility index (Phi) is 8.12. The molecule has 1 fully saturated rings. The summed E-state index contributed by atoms with van der Waals surface area (Å²) in [5.74, 6) is 0.803. The first-order valence-corrected chi connectivity index (χ1v) is 6.43. The van der Waals surface area contributed by atoms with Gasteiger partial charge in [-0.05, 0) is 13.0 Å². The van der Waals surface area contributed by atoms with Crippen LogP contribution in [0.4, 0.5) is 0 Å². The highest BCUT2D eigenvalue weighted by Gasteiger charge is 2.15. The van der Waals surface area contributed by atoms with Gasteiger partial charge in [-0.2, -0.15) is 0 Å². The molecule has 0 radical (unpaired) electrons. The molecule has 0 atom stereocenters. The third kappa shape index (κ3) is 6.00. The first kappa shape index (κ1) is 14.2. The van der Waals surface area contributed by atoms with Gasteiger partial charge in [0, 0.05) is 50.5 Å². The Hall–Kier alpha value is 0.110. The van der Waals surface area contributed by atoms with Crippen molar-refractivity contribution in [1.29, 1.82) is 0 Å². The SMILES string of the molecule is OCCN1CCN(CCCSOOO)CC1. The van der Waals surface area contributed by atoms with Crippen LogP contribution in [0.25, 0.3) is 0 Å². The van der Waals surface area contributed by atoms with E-state index >= 15 is 0 Å². The maximum atomic E-state index is 8.80. The zero-order valence-corrected chi connectivity index (χ0v) is 10.2. The van der Waals surface area contributed by atoms with Gasteiger partial charge in [-0.1, -0.05) is 5.04 Å². The summed E-state index contributed by atoms with van der Waals surface area (Å²) in [6, 6.07) is 0. The van der Waals surface area contributed by atoms with E-state index in [1.807, 2.05) is 0 Å². The monoisotopic (exact) mass is 252 g/mol. The molecule has 7 heteroatoms. The van der Waals surface area contributed by atoms with E-state index in [4.69, 9.17) is 10.4 Å². The highest BCUT2D eigenvalue weighted by Crippen LogP contribution is 2.07. The minimum absolute atomic E-state index is 0.245. The zero-order valence-electron chi connectivity index (χ0n) is 9.38. The summed E-state index contributed by atoms with van der Waals surface area (Å²) in [5.41, 5.74) is 0. The average molecular weight is 252 g/mol. The molecule has 0 unspecified atom stereocenters. The Balaban J connectivity index is 1.95. The van der Waals surface area contributed by atoms with Gasteiger partial charge < -0.3 is 10.0 Å². The average Bonchev–Trinajstić information content (AvgIpc) is 2.31. The van der Waals surface area contributed by atoms with Gasteiger partial charge in [0.2, 0.25) is 0 Å². The third-order valence-electron chi connectivity index (χ3n) is 2.66. The lowest BCUT2D eigenvalue weighted by molar-refractivity contribution is -0.432. The Morgan fingerprint density at radius 3 is 2.25 bits per heavy atom. The van der Waals surface area contributed by atoms with E-state index in [1.165, 1.54) is 0 Å². The Morgan fingerprint density at radius 1 is 1.06 bits per heavy atom. The number of hydrogen-bond donors (Lipinski definition) is 2. The van der Waals surface area contributed by atoms with Gasteiger partial charge in [-0.15, -0.1) is 4.33 Å². The predicted molar refractivity (Wildman–Crippen MR) is 61.8 cm³/mol. The summed E-state index contributed by atoms with van der Waals surface area (Å²) in [4.78, 5) is 4.67. The van der Waals surface area contributed by atoms with Crippen LogP contribution in [0.3, 0.4) is 0 Å². The maximum absolute atomic E-state index is 8.80. The van der Waals surface area contributed by atoms with Crippen LogP contribution >= 0.6 is 12.0 Å². The standard InChI is InChI=1S/C9H20N2O4S/c12-8-7-11-5-3-10(4-6-11)2-1-9-16-15-14-13/h12-13H,1-9H2. The summed E-state index contributed by atoms with van der Waals surface area (Å²) in [7, 11) is 0. The van der Waals surface area contributed by atoms with Gasteiger partial charge in [-0.25, -0.2) is 5.26 Å². The van der Waals surface area contributed by atoms with Crippen LogP contribution in [0.5, 0.6) is 0 Å². The lowest BCUT2D eigenvalue weighted by atomic mass is 10.3. The quantitative estimate of drug-likeness (QED) is 0.274. The second kappa shape index (κ2) is 9.17. The maximum Gasteiger partial charge on any atom is 0.0558 e. The predicted octanol–water partition coefficient (Wildman–Crippen LogP) is 0.0558. The molecule has 0 saturated carbocycles. The summed E-state index contributed by atoms with van der Waals surface area (Å²) in [5, 5.41) is 20.2. The molecule has 0 aromatic rings. The van der Waals surface area contributed by atoms with E-state index in [9.17, 15) is 0 Å². The fourth-order valence-electron chi connectivity index (χ4n) is 1.78. The first-order valence-electron chi connectivity index (χ1n) is 5.52. The van der Waals surface area contributed by atoms with Crippen LogP contribution in [-0.2, 0) is 9.37 Å². The van der Waals surface area contributed by atoms with Crippen molar-refractivity contribution in [1.82, 2.24) is 9.80 Å². The number of rotatable bonds is 8. The van der Waals surface area contributed by atoms with Crippen LogP contribution in [0.15, 0.2) is 0 Å². The number of piperazine rings is 1. The second-order valence-corrected chi connectivity index (χ2v) is 4.51. The van der Waals surface area contributed by atoms with Gasteiger partial charge in [-0.3, -0.25) is 4.90 Å². The molecule has 1 saturated heterocycles. The molecular weight excluding hydrogens is 232 g/mol. The lowest BCUT2D eigenvalue weighted by Gasteiger charge is -2.34. The van der Waals surface area contributed by atoms with Crippen molar-refractivity contribution in [3.8, 4) is 0 Å². The van der Waals surface area contributed by atoms with Crippen molar-refractivity contribution in [2.75, 3.05) is 51.6 Å². The number of hydrogen-bond acceptors (Lipinski definition) is 7. The molecule has 0 bridgehead atoms. The van der Waals surface area contributed by atoms with Crippen LogP contribution < -0.4 is 0 Å². The minimum Gasteiger partial charge on any atom is -0.395 e. The molecule has 1 rings (SSSR count). The Labute approximate surface area is 100 Å². The molecule has 0 aromatic heterocycles. The summed E-state index contributed by atoms with van der Waals surface area (Å²) in [6.45, 7) is 6.24. The van der Waals surface area contributed by atoms with Crippen molar-refractivity contribution >= 4 is 12.0 Å². The normalized spacial score (nSPS) is 19.1. The van der Waals surface area contributed by atoms with E-state index in [0.717, 1.165) is 63.5 Å². The topological polar surface area (TPSA) is 65.4 Å². The number of aliphatic hydroxyl groups excluding tert-OH is 1. The third-order valence-corrected chi connectivity index (χ3v) is 3.27. The lowest BCUT2D eigenvalue weighted by Crippen LogP contribution is -2.47. The largest absolute Gasteiger partial charge is 0.395 e. The van der Waals surface area contributed by atoms with Gasteiger partial charge >= 0.3 is 0 Å². The van der Waals surface area contributed by atoms with E-state index in [1.54, 1.807) is 0 Å². The molecule has 0 spiro atoms. The van der Waals surface area contributed by atoms with Crippen molar-refractivity contribution in [2.45, 2.75) is 6.42 Å². The molecule has 96 valence electrons. The van der Waals surface area contributed by atoms with Gasteiger partial charge in [0.05, 0.1) is 6.61 Å². The number of β-amino-alcohol motifs (C(OH)–C–C–N with tert-alkyl or cyclic N) is 1. The van der Waals surface area contributed by atoms with Crippen molar-refractivity contribution in [3.63, 3.8) is 0 Å². The molecule has 2 N–H and O–H groups in total. The minimum atomic E-state index is 0.245. The summed E-state index contributed by atoms with van der Waals surface area (Å²) >= 11 is 1.11. The van der Waals surface area contributed by atoms with Crippen LogP contribution in [0, 0.1) is 0 Å². The molecule has 16 heavy (non-hydrogen) atoms. The molecule has 0 aliphatic carbocycles. The van der Waals surface area contributed by atoms with Gasteiger partial charge in [0.1, 0.15) is 0 Å². The number of nitrogens with zero attached hydrogens (tertiary/aromatic N) is 2. The van der Waals surface area contributed by atoms with E-state index in [-0.39, 0.29) is 6.61 Å². The molecule has 1 aliphatic heterocycles. The van der Waals surface area contributed by atoms with Crippen LogP contribution in [0.2, 0.25) is 0 Å².